The number of thiocarbonyl (C=S) groups is 1. The van der Waals surface area contributed by atoms with E-state index in [9.17, 15) is 13.2 Å². The maximum Gasteiger partial charge on any atom is 0.284 e. The van der Waals surface area contributed by atoms with Crippen molar-refractivity contribution in [2.24, 2.45) is 5.73 Å². The standard InChI is InChI=1S/C19H24N4O5S2/c1-27-15-4-2-14(3-5-15)8-9-21-19(29)22-10-12-23(13-11-22)30(25,26)17-7-6-16(28-17)18(20)24/h2-7H,8-13H2,1H3,(H2,20,24)(H,21,29). The Hall–Kier alpha value is -2.63. The van der Waals surface area contributed by atoms with Gasteiger partial charge in [-0.15, -0.1) is 0 Å². The van der Waals surface area contributed by atoms with Gasteiger partial charge in [0.2, 0.25) is 5.09 Å². The van der Waals surface area contributed by atoms with Gasteiger partial charge in [-0.3, -0.25) is 4.79 Å². The lowest BCUT2D eigenvalue weighted by Crippen LogP contribution is -2.53. The Morgan fingerprint density at radius 3 is 2.40 bits per heavy atom. The maximum absolute atomic E-state index is 12.7. The van der Waals surface area contributed by atoms with E-state index in [0.717, 1.165) is 17.7 Å². The molecule has 1 aliphatic rings. The number of nitrogens with two attached hydrogens (primary N) is 1. The van der Waals surface area contributed by atoms with Crippen LogP contribution in [-0.4, -0.2) is 68.5 Å². The minimum atomic E-state index is -3.82. The van der Waals surface area contributed by atoms with E-state index >= 15 is 0 Å². The van der Waals surface area contributed by atoms with Crippen LogP contribution in [0.15, 0.2) is 45.9 Å². The molecule has 2 heterocycles. The predicted octanol–water partition coefficient (Wildman–Crippen LogP) is 0.811. The van der Waals surface area contributed by atoms with Gasteiger partial charge in [0, 0.05) is 32.7 Å². The first-order chi connectivity index (χ1) is 14.3. The van der Waals surface area contributed by atoms with Gasteiger partial charge in [0.25, 0.3) is 15.9 Å². The molecular weight excluding hydrogens is 428 g/mol. The summed E-state index contributed by atoms with van der Waals surface area (Å²) in [6.07, 6.45) is 0.805. The number of nitrogens with one attached hydrogen (secondary N) is 1. The third kappa shape index (κ3) is 5.10. The van der Waals surface area contributed by atoms with E-state index in [1.165, 1.54) is 16.4 Å². The average molecular weight is 453 g/mol. The van der Waals surface area contributed by atoms with Crippen molar-refractivity contribution in [1.82, 2.24) is 14.5 Å². The van der Waals surface area contributed by atoms with Gasteiger partial charge in [-0.25, -0.2) is 8.42 Å². The third-order valence-corrected chi connectivity index (χ3v) is 6.97. The number of sulfonamides is 1. The second-order valence-corrected chi connectivity index (χ2v) is 8.96. The summed E-state index contributed by atoms with van der Waals surface area (Å²) >= 11 is 5.44. The molecule has 1 saturated heterocycles. The Bertz CT molecular complexity index is 996. The zero-order chi connectivity index (χ0) is 21.7. The molecule has 0 unspecified atom stereocenters. The summed E-state index contributed by atoms with van der Waals surface area (Å²) in [7, 11) is -2.19. The summed E-state index contributed by atoms with van der Waals surface area (Å²) in [6, 6.07) is 10.3. The number of primary amides is 1. The fraction of sp³-hybridized carbons (Fsp3) is 0.368. The monoisotopic (exact) mass is 452 g/mol. The van der Waals surface area contributed by atoms with Crippen molar-refractivity contribution in [3.63, 3.8) is 0 Å². The van der Waals surface area contributed by atoms with Crippen molar-refractivity contribution in [3.8, 4) is 5.75 Å². The van der Waals surface area contributed by atoms with E-state index < -0.39 is 15.9 Å². The second kappa shape index (κ2) is 9.45. The van der Waals surface area contributed by atoms with Crippen molar-refractivity contribution in [3.05, 3.63) is 47.7 Å². The van der Waals surface area contributed by atoms with Crippen LogP contribution in [-0.2, 0) is 16.4 Å². The molecule has 3 N–H and O–H groups in total. The molecule has 0 radical (unpaired) electrons. The smallest absolute Gasteiger partial charge is 0.284 e. The number of carbonyl (C=O) groups is 1. The molecule has 0 spiro atoms. The Balaban J connectivity index is 1.48. The Kier molecular flexibility index (Phi) is 6.95. The molecule has 3 rings (SSSR count). The first kappa shape index (κ1) is 22.1. The fourth-order valence-corrected chi connectivity index (χ4v) is 4.69. The molecule has 1 aromatic heterocycles. The molecule has 1 aliphatic heterocycles. The van der Waals surface area contributed by atoms with Gasteiger partial charge in [-0.1, -0.05) is 12.1 Å². The summed E-state index contributed by atoms with van der Waals surface area (Å²) in [5.74, 6) is -0.183. The lowest BCUT2D eigenvalue weighted by molar-refractivity contribution is 0.0968. The largest absolute Gasteiger partial charge is 0.497 e. The second-order valence-electron chi connectivity index (χ2n) is 6.70. The Morgan fingerprint density at radius 2 is 1.83 bits per heavy atom. The quantitative estimate of drug-likeness (QED) is 0.593. The molecule has 0 bridgehead atoms. The number of amides is 1. The minimum absolute atomic E-state index is 0.186. The van der Waals surface area contributed by atoms with Crippen LogP contribution in [0.2, 0.25) is 0 Å². The van der Waals surface area contributed by atoms with E-state index in [2.05, 4.69) is 5.32 Å². The first-order valence-corrected chi connectivity index (χ1v) is 11.2. The van der Waals surface area contributed by atoms with Crippen molar-refractivity contribution in [1.29, 1.82) is 0 Å². The highest BCUT2D eigenvalue weighted by molar-refractivity contribution is 7.89. The van der Waals surface area contributed by atoms with E-state index in [4.69, 9.17) is 27.1 Å². The lowest BCUT2D eigenvalue weighted by atomic mass is 10.1. The summed E-state index contributed by atoms with van der Waals surface area (Å²) in [4.78, 5) is 13.1. The number of hydrogen-bond donors (Lipinski definition) is 2. The highest BCUT2D eigenvalue weighted by atomic mass is 32.2. The zero-order valence-electron chi connectivity index (χ0n) is 16.5. The minimum Gasteiger partial charge on any atom is -0.497 e. The first-order valence-electron chi connectivity index (χ1n) is 9.37. The summed E-state index contributed by atoms with van der Waals surface area (Å²) in [5, 5.41) is 3.52. The number of benzene rings is 1. The average Bonchev–Trinajstić information content (AvgIpc) is 3.26. The summed E-state index contributed by atoms with van der Waals surface area (Å²) in [5.41, 5.74) is 6.28. The molecule has 1 aromatic carbocycles. The van der Waals surface area contributed by atoms with Crippen LogP contribution >= 0.6 is 12.2 Å². The van der Waals surface area contributed by atoms with Crippen molar-refractivity contribution in [2.75, 3.05) is 39.8 Å². The lowest BCUT2D eigenvalue weighted by Gasteiger charge is -2.35. The van der Waals surface area contributed by atoms with Gasteiger partial charge >= 0.3 is 0 Å². The molecular formula is C19H24N4O5S2. The Labute approximate surface area is 180 Å². The van der Waals surface area contributed by atoms with Crippen LogP contribution in [0, 0.1) is 0 Å². The number of hydrogen-bond acceptors (Lipinski definition) is 6. The molecule has 1 fully saturated rings. The highest BCUT2D eigenvalue weighted by Crippen LogP contribution is 2.20. The van der Waals surface area contributed by atoms with Gasteiger partial charge in [-0.2, -0.15) is 4.31 Å². The number of nitrogens with zero attached hydrogens (tertiary/aromatic N) is 2. The van der Waals surface area contributed by atoms with Crippen molar-refractivity contribution >= 4 is 33.3 Å². The number of carbonyl (C=O) groups excluding carboxylic acids is 1. The van der Waals surface area contributed by atoms with Crippen molar-refractivity contribution in [2.45, 2.75) is 11.5 Å². The van der Waals surface area contributed by atoms with Gasteiger partial charge < -0.3 is 25.1 Å². The van der Waals surface area contributed by atoms with Crippen molar-refractivity contribution < 1.29 is 22.4 Å². The number of piperazine rings is 1. The van der Waals surface area contributed by atoms with Crippen LogP contribution < -0.4 is 15.8 Å². The van der Waals surface area contributed by atoms with Gasteiger partial charge in [-0.05, 0) is 48.5 Å². The zero-order valence-corrected chi connectivity index (χ0v) is 18.2. The highest BCUT2D eigenvalue weighted by Gasteiger charge is 2.32. The van der Waals surface area contributed by atoms with Crippen LogP contribution in [0.5, 0.6) is 5.75 Å². The molecule has 1 amide bonds. The molecule has 0 aliphatic carbocycles. The van der Waals surface area contributed by atoms with E-state index in [1.807, 2.05) is 29.2 Å². The number of methoxy groups -OCH3 is 1. The van der Waals surface area contributed by atoms with E-state index in [1.54, 1.807) is 7.11 Å². The molecule has 2 aromatic rings. The molecule has 11 heteroatoms. The molecule has 30 heavy (non-hydrogen) atoms. The number of rotatable bonds is 7. The fourth-order valence-electron chi connectivity index (χ4n) is 3.07. The van der Waals surface area contributed by atoms with Crippen LogP contribution in [0.1, 0.15) is 16.1 Å². The third-order valence-electron chi connectivity index (χ3n) is 4.79. The van der Waals surface area contributed by atoms with Gasteiger partial charge in [0.1, 0.15) is 5.75 Å². The van der Waals surface area contributed by atoms with Crippen LogP contribution in [0.3, 0.4) is 0 Å². The summed E-state index contributed by atoms with van der Waals surface area (Å²) < 4.78 is 36.9. The number of ether oxygens (including phenoxy) is 1. The van der Waals surface area contributed by atoms with Gasteiger partial charge in [0.15, 0.2) is 10.9 Å². The molecule has 162 valence electrons. The topological polar surface area (TPSA) is 118 Å². The Morgan fingerprint density at radius 1 is 1.17 bits per heavy atom. The van der Waals surface area contributed by atoms with Crippen LogP contribution in [0.4, 0.5) is 0 Å². The van der Waals surface area contributed by atoms with E-state index in [-0.39, 0.29) is 23.9 Å². The summed E-state index contributed by atoms with van der Waals surface area (Å²) in [6.45, 7) is 2.10. The van der Waals surface area contributed by atoms with E-state index in [0.29, 0.717) is 24.7 Å². The predicted molar refractivity (Wildman–Crippen MR) is 115 cm³/mol. The molecule has 9 nitrogen and oxygen atoms in total. The number of furan rings is 1. The molecule has 0 saturated carbocycles. The molecule has 0 atom stereocenters. The normalized spacial score (nSPS) is 15.0. The maximum atomic E-state index is 12.7. The van der Waals surface area contributed by atoms with Crippen LogP contribution in [0.25, 0.3) is 0 Å². The van der Waals surface area contributed by atoms with Gasteiger partial charge in [0.05, 0.1) is 7.11 Å². The SMILES string of the molecule is COc1ccc(CCNC(=S)N2CCN(S(=O)(=O)c3ccc(C(N)=O)o3)CC2)cc1.